The molecule has 0 saturated carbocycles. The Hall–Kier alpha value is -2.45. The summed E-state index contributed by atoms with van der Waals surface area (Å²) in [5, 5.41) is 19.6. The van der Waals surface area contributed by atoms with E-state index in [2.05, 4.69) is 15.4 Å². The predicted molar refractivity (Wildman–Crippen MR) is 54.4 cm³/mol. The highest BCUT2D eigenvalue weighted by Crippen LogP contribution is 1.93. The molecule has 0 amide bonds. The monoisotopic (exact) mass is 238 g/mol. The van der Waals surface area contributed by atoms with E-state index >= 15 is 0 Å². The Balaban J connectivity index is 2.05. The smallest absolute Gasteiger partial charge is 0.358 e. The standard InChI is InChI=1S/C8H10N6O3/c1-12-5-9-14(8(12)17)3-2-13-4-6(7(15)16)10-11-13/h4-5H,2-3H2,1H3,(H,15,16). The summed E-state index contributed by atoms with van der Waals surface area (Å²) in [6, 6.07) is 0. The second-order valence-corrected chi connectivity index (χ2v) is 3.42. The van der Waals surface area contributed by atoms with Crippen LogP contribution in [-0.4, -0.2) is 40.4 Å². The molecule has 90 valence electrons. The molecule has 0 aliphatic rings. The fourth-order valence-electron chi connectivity index (χ4n) is 1.28. The van der Waals surface area contributed by atoms with Gasteiger partial charge in [0.15, 0.2) is 5.69 Å². The minimum atomic E-state index is -1.13. The van der Waals surface area contributed by atoms with Crippen molar-refractivity contribution in [2.24, 2.45) is 7.05 Å². The summed E-state index contributed by atoms with van der Waals surface area (Å²) in [7, 11) is 1.60. The lowest BCUT2D eigenvalue weighted by molar-refractivity contribution is 0.0690. The third-order valence-corrected chi connectivity index (χ3v) is 2.19. The summed E-state index contributed by atoms with van der Waals surface area (Å²) in [4.78, 5) is 22.0. The lowest BCUT2D eigenvalue weighted by Gasteiger charge is -1.98. The van der Waals surface area contributed by atoms with Crippen LogP contribution in [0.5, 0.6) is 0 Å². The van der Waals surface area contributed by atoms with Crippen LogP contribution in [-0.2, 0) is 20.1 Å². The van der Waals surface area contributed by atoms with Crippen LogP contribution in [0.1, 0.15) is 10.5 Å². The number of carboxylic acid groups (broad SMARTS) is 1. The topological polar surface area (TPSA) is 108 Å². The van der Waals surface area contributed by atoms with Crippen LogP contribution >= 0.6 is 0 Å². The fraction of sp³-hybridized carbons (Fsp3) is 0.375. The molecular weight excluding hydrogens is 228 g/mol. The number of aromatic nitrogens is 6. The van der Waals surface area contributed by atoms with Crippen molar-refractivity contribution in [1.82, 2.24) is 29.3 Å². The minimum Gasteiger partial charge on any atom is -0.476 e. The second kappa shape index (κ2) is 4.20. The summed E-state index contributed by atoms with van der Waals surface area (Å²) in [5.41, 5.74) is -0.359. The lowest BCUT2D eigenvalue weighted by Crippen LogP contribution is -2.25. The number of rotatable bonds is 4. The van der Waals surface area contributed by atoms with Gasteiger partial charge in [-0.3, -0.25) is 4.57 Å². The first-order valence-electron chi connectivity index (χ1n) is 4.80. The Kier molecular flexibility index (Phi) is 2.73. The second-order valence-electron chi connectivity index (χ2n) is 3.42. The van der Waals surface area contributed by atoms with Gasteiger partial charge in [0.05, 0.1) is 19.3 Å². The van der Waals surface area contributed by atoms with Crippen molar-refractivity contribution in [2.45, 2.75) is 13.1 Å². The van der Waals surface area contributed by atoms with Crippen molar-refractivity contribution in [3.05, 3.63) is 28.7 Å². The van der Waals surface area contributed by atoms with Crippen LogP contribution in [0.4, 0.5) is 0 Å². The molecule has 17 heavy (non-hydrogen) atoms. The van der Waals surface area contributed by atoms with Gasteiger partial charge in [0, 0.05) is 7.05 Å². The van der Waals surface area contributed by atoms with Gasteiger partial charge in [0.2, 0.25) is 0 Å². The van der Waals surface area contributed by atoms with Crippen LogP contribution in [0, 0.1) is 0 Å². The normalized spacial score (nSPS) is 10.6. The van der Waals surface area contributed by atoms with E-state index in [0.29, 0.717) is 13.1 Å². The molecular formula is C8H10N6O3. The van der Waals surface area contributed by atoms with E-state index in [4.69, 9.17) is 5.11 Å². The molecule has 2 aromatic rings. The highest BCUT2D eigenvalue weighted by atomic mass is 16.4. The molecule has 1 N–H and O–H groups in total. The molecule has 0 aromatic carbocycles. The third-order valence-electron chi connectivity index (χ3n) is 2.19. The SMILES string of the molecule is Cn1cnn(CCn2cc(C(=O)O)nn2)c1=O. The van der Waals surface area contributed by atoms with E-state index < -0.39 is 5.97 Å². The largest absolute Gasteiger partial charge is 0.476 e. The van der Waals surface area contributed by atoms with Gasteiger partial charge in [-0.15, -0.1) is 5.10 Å². The van der Waals surface area contributed by atoms with E-state index in [9.17, 15) is 9.59 Å². The maximum atomic E-state index is 11.4. The molecule has 9 heteroatoms. The first-order valence-corrected chi connectivity index (χ1v) is 4.80. The summed E-state index contributed by atoms with van der Waals surface area (Å²) >= 11 is 0. The highest BCUT2D eigenvalue weighted by Gasteiger charge is 2.08. The fourth-order valence-corrected chi connectivity index (χ4v) is 1.28. The van der Waals surface area contributed by atoms with Gasteiger partial charge < -0.3 is 5.11 Å². The molecule has 0 unspecified atom stereocenters. The first kappa shape index (κ1) is 11.0. The lowest BCUT2D eigenvalue weighted by atomic mass is 10.5. The number of nitrogens with zero attached hydrogens (tertiary/aromatic N) is 6. The zero-order chi connectivity index (χ0) is 12.4. The van der Waals surface area contributed by atoms with Crippen molar-refractivity contribution in [1.29, 1.82) is 0 Å². The third kappa shape index (κ3) is 2.22. The Morgan fingerprint density at radius 1 is 1.47 bits per heavy atom. The van der Waals surface area contributed by atoms with E-state index in [0.717, 1.165) is 0 Å². The van der Waals surface area contributed by atoms with E-state index in [1.54, 1.807) is 7.05 Å². The van der Waals surface area contributed by atoms with Crippen molar-refractivity contribution in [2.75, 3.05) is 0 Å². The van der Waals surface area contributed by atoms with Crippen molar-refractivity contribution in [3.8, 4) is 0 Å². The van der Waals surface area contributed by atoms with Gasteiger partial charge in [-0.1, -0.05) is 5.21 Å². The number of carboxylic acids is 1. The minimum absolute atomic E-state index is 0.127. The highest BCUT2D eigenvalue weighted by molar-refractivity contribution is 5.84. The zero-order valence-electron chi connectivity index (χ0n) is 9.02. The van der Waals surface area contributed by atoms with Crippen LogP contribution in [0.3, 0.4) is 0 Å². The number of hydrogen-bond acceptors (Lipinski definition) is 5. The molecule has 9 nitrogen and oxygen atoms in total. The van der Waals surface area contributed by atoms with E-state index in [-0.39, 0.29) is 11.4 Å². The molecule has 0 saturated heterocycles. The van der Waals surface area contributed by atoms with Crippen LogP contribution in [0.25, 0.3) is 0 Å². The molecule has 0 aliphatic carbocycles. The van der Waals surface area contributed by atoms with Crippen molar-refractivity contribution in [3.63, 3.8) is 0 Å². The van der Waals surface area contributed by atoms with Gasteiger partial charge in [-0.05, 0) is 0 Å². The maximum absolute atomic E-state index is 11.4. The average molecular weight is 238 g/mol. The quantitative estimate of drug-likeness (QED) is 0.699. The van der Waals surface area contributed by atoms with Gasteiger partial charge in [0.1, 0.15) is 6.33 Å². The number of aromatic carboxylic acids is 1. The summed E-state index contributed by atoms with van der Waals surface area (Å²) < 4.78 is 3.97. The summed E-state index contributed by atoms with van der Waals surface area (Å²) in [6.45, 7) is 0.638. The van der Waals surface area contributed by atoms with Crippen molar-refractivity contribution < 1.29 is 9.90 Å². The molecule has 0 fully saturated rings. The van der Waals surface area contributed by atoms with Gasteiger partial charge in [-0.2, -0.15) is 5.10 Å². The maximum Gasteiger partial charge on any atom is 0.358 e. The van der Waals surface area contributed by atoms with Gasteiger partial charge >= 0.3 is 11.7 Å². The Labute approximate surface area is 94.9 Å². The van der Waals surface area contributed by atoms with Crippen molar-refractivity contribution >= 4 is 5.97 Å². The number of carbonyl (C=O) groups is 1. The van der Waals surface area contributed by atoms with Gasteiger partial charge in [0.25, 0.3) is 0 Å². The molecule has 2 aromatic heterocycles. The van der Waals surface area contributed by atoms with E-state index in [1.807, 2.05) is 0 Å². The van der Waals surface area contributed by atoms with Crippen LogP contribution in [0.2, 0.25) is 0 Å². The first-order chi connectivity index (χ1) is 8.08. The van der Waals surface area contributed by atoms with E-state index in [1.165, 1.54) is 26.5 Å². The summed E-state index contributed by atoms with van der Waals surface area (Å²) in [6.07, 6.45) is 2.71. The molecule has 0 aliphatic heterocycles. The zero-order valence-corrected chi connectivity index (χ0v) is 9.02. The molecule has 2 heterocycles. The van der Waals surface area contributed by atoms with Crippen LogP contribution in [0.15, 0.2) is 17.3 Å². The molecule has 0 spiro atoms. The molecule has 0 radical (unpaired) electrons. The molecule has 2 rings (SSSR count). The van der Waals surface area contributed by atoms with Crippen LogP contribution < -0.4 is 5.69 Å². The average Bonchev–Trinajstić information content (AvgIpc) is 2.86. The number of hydrogen-bond donors (Lipinski definition) is 1. The Bertz CT molecular complexity index is 594. The predicted octanol–water partition coefficient (Wildman–Crippen LogP) is -1.43. The Morgan fingerprint density at radius 2 is 2.24 bits per heavy atom. The molecule has 0 bridgehead atoms. The number of aryl methyl sites for hydroxylation is 3. The Morgan fingerprint density at radius 3 is 2.76 bits per heavy atom. The summed E-state index contributed by atoms with van der Waals surface area (Å²) in [5.74, 6) is -1.13. The van der Waals surface area contributed by atoms with Gasteiger partial charge in [-0.25, -0.2) is 19.0 Å². The molecule has 0 atom stereocenters.